The Kier molecular flexibility index (Phi) is 6.87. The van der Waals surface area contributed by atoms with Gasteiger partial charge in [-0.3, -0.25) is 19.7 Å². The van der Waals surface area contributed by atoms with Crippen molar-refractivity contribution in [1.82, 2.24) is 5.32 Å². The molecule has 2 aromatic carbocycles. The summed E-state index contributed by atoms with van der Waals surface area (Å²) in [7, 11) is 0. The van der Waals surface area contributed by atoms with Gasteiger partial charge in [0, 0.05) is 23.8 Å². The zero-order valence-corrected chi connectivity index (χ0v) is 18.1. The number of ether oxygens (including phenoxy) is 2. The lowest BCUT2D eigenvalue weighted by Crippen LogP contribution is -2.47. The summed E-state index contributed by atoms with van der Waals surface area (Å²) in [4.78, 5) is 35.9. The van der Waals surface area contributed by atoms with E-state index in [9.17, 15) is 19.7 Å². The molecular formula is C20H19Cl2N3O6. The predicted octanol–water partition coefficient (Wildman–Crippen LogP) is 4.07. The normalized spacial score (nSPS) is 13.5. The molecule has 0 spiro atoms. The molecule has 0 bridgehead atoms. The fourth-order valence-electron chi connectivity index (χ4n) is 2.92. The number of carbonyl (C=O) groups excluding carboxylic acids is 2. The number of hydrogen-bond donors (Lipinski definition) is 2. The van der Waals surface area contributed by atoms with Gasteiger partial charge in [-0.15, -0.1) is 0 Å². The first-order valence-electron chi connectivity index (χ1n) is 9.32. The van der Waals surface area contributed by atoms with E-state index in [4.69, 9.17) is 32.7 Å². The summed E-state index contributed by atoms with van der Waals surface area (Å²) < 4.78 is 11.0. The van der Waals surface area contributed by atoms with Crippen LogP contribution in [-0.4, -0.2) is 36.0 Å². The molecule has 0 saturated carbocycles. The monoisotopic (exact) mass is 467 g/mol. The maximum absolute atomic E-state index is 12.9. The number of hydrogen-bond acceptors (Lipinski definition) is 6. The van der Waals surface area contributed by atoms with E-state index in [1.54, 1.807) is 26.0 Å². The Hall–Kier alpha value is -3.04. The fourth-order valence-corrected chi connectivity index (χ4v) is 3.31. The number of fused-ring (bicyclic) bond motifs is 1. The van der Waals surface area contributed by atoms with Gasteiger partial charge in [0.15, 0.2) is 11.5 Å². The van der Waals surface area contributed by atoms with Gasteiger partial charge in [0.2, 0.25) is 5.91 Å². The first-order valence-corrected chi connectivity index (χ1v) is 10.1. The van der Waals surface area contributed by atoms with Crippen LogP contribution in [0.15, 0.2) is 30.3 Å². The Balaban J connectivity index is 1.78. The third-order valence-electron chi connectivity index (χ3n) is 4.53. The summed E-state index contributed by atoms with van der Waals surface area (Å²) in [5, 5.41) is 16.5. The number of carbonyl (C=O) groups is 2. The molecular weight excluding hydrogens is 449 g/mol. The van der Waals surface area contributed by atoms with Crippen LogP contribution >= 0.6 is 23.2 Å². The Morgan fingerprint density at radius 2 is 1.71 bits per heavy atom. The van der Waals surface area contributed by atoms with Crippen molar-refractivity contribution in [3.8, 4) is 11.5 Å². The summed E-state index contributed by atoms with van der Waals surface area (Å²) in [5.41, 5.74) is -0.0900. The van der Waals surface area contributed by atoms with Crippen LogP contribution in [0.25, 0.3) is 0 Å². The number of rotatable bonds is 6. The number of anilines is 1. The molecule has 1 aliphatic rings. The minimum atomic E-state index is -0.938. The molecule has 9 nitrogen and oxygen atoms in total. The van der Waals surface area contributed by atoms with Gasteiger partial charge in [-0.1, -0.05) is 37.0 Å². The Morgan fingerprint density at radius 3 is 2.32 bits per heavy atom. The number of nitro benzene ring substituents is 1. The summed E-state index contributed by atoms with van der Waals surface area (Å²) >= 11 is 12.0. The molecule has 31 heavy (non-hydrogen) atoms. The molecule has 1 atom stereocenters. The van der Waals surface area contributed by atoms with Crippen molar-refractivity contribution in [2.24, 2.45) is 5.92 Å². The van der Waals surface area contributed by atoms with Gasteiger partial charge in [0.1, 0.15) is 24.3 Å². The van der Waals surface area contributed by atoms with Crippen molar-refractivity contribution in [2.45, 2.75) is 19.9 Å². The van der Waals surface area contributed by atoms with Gasteiger partial charge >= 0.3 is 0 Å². The molecule has 0 radical (unpaired) electrons. The van der Waals surface area contributed by atoms with Crippen LogP contribution in [0.3, 0.4) is 0 Å². The fraction of sp³-hybridized carbons (Fsp3) is 0.300. The van der Waals surface area contributed by atoms with Crippen LogP contribution in [-0.2, 0) is 4.79 Å². The van der Waals surface area contributed by atoms with Gasteiger partial charge in [-0.05, 0) is 18.1 Å². The van der Waals surface area contributed by atoms with Crippen molar-refractivity contribution in [2.75, 3.05) is 18.5 Å². The molecule has 2 aromatic rings. The van der Waals surface area contributed by atoms with Gasteiger partial charge in [-0.2, -0.15) is 0 Å². The molecule has 11 heteroatoms. The minimum absolute atomic E-state index is 0.00640. The Morgan fingerprint density at radius 1 is 1.06 bits per heavy atom. The van der Waals surface area contributed by atoms with E-state index in [0.29, 0.717) is 30.4 Å². The van der Waals surface area contributed by atoms with Gasteiger partial charge < -0.3 is 20.1 Å². The second-order valence-electron chi connectivity index (χ2n) is 7.08. The first-order chi connectivity index (χ1) is 14.7. The predicted molar refractivity (Wildman–Crippen MR) is 115 cm³/mol. The SMILES string of the molecule is CC(C)[C@H](NC(=O)c1ccc(Cl)c([N+](=O)[O-])c1)C(=O)Nc1cc2c(cc1Cl)OCCO2. The van der Waals surface area contributed by atoms with Crippen molar-refractivity contribution < 1.29 is 24.0 Å². The minimum Gasteiger partial charge on any atom is -0.486 e. The highest BCUT2D eigenvalue weighted by molar-refractivity contribution is 6.34. The van der Waals surface area contributed by atoms with Crippen LogP contribution < -0.4 is 20.1 Å². The van der Waals surface area contributed by atoms with Crippen molar-refractivity contribution in [3.05, 3.63) is 56.1 Å². The number of nitrogens with zero attached hydrogens (tertiary/aromatic N) is 1. The second-order valence-corrected chi connectivity index (χ2v) is 7.90. The molecule has 1 aliphatic heterocycles. The number of nitro groups is 1. The molecule has 0 saturated heterocycles. The number of halogens is 2. The van der Waals surface area contributed by atoms with E-state index in [2.05, 4.69) is 10.6 Å². The van der Waals surface area contributed by atoms with Gasteiger partial charge in [-0.25, -0.2) is 0 Å². The maximum atomic E-state index is 12.9. The second kappa shape index (κ2) is 9.40. The summed E-state index contributed by atoms with van der Waals surface area (Å²) in [5.74, 6) is -0.522. The Labute approximate surface area is 187 Å². The molecule has 0 aromatic heterocycles. The van der Waals surface area contributed by atoms with Crippen molar-refractivity contribution in [3.63, 3.8) is 0 Å². The summed E-state index contributed by atoms with van der Waals surface area (Å²) in [6, 6.07) is 5.82. The van der Waals surface area contributed by atoms with Crippen molar-refractivity contribution >= 4 is 46.4 Å². The van der Waals surface area contributed by atoms with E-state index in [0.717, 1.165) is 6.07 Å². The Bertz CT molecular complexity index is 1040. The molecule has 1 heterocycles. The smallest absolute Gasteiger partial charge is 0.288 e. The van der Waals surface area contributed by atoms with E-state index < -0.39 is 28.5 Å². The molecule has 3 rings (SSSR count). The molecule has 2 N–H and O–H groups in total. The van der Waals surface area contributed by atoms with E-state index >= 15 is 0 Å². The molecule has 0 fully saturated rings. The topological polar surface area (TPSA) is 120 Å². The molecule has 2 amide bonds. The lowest BCUT2D eigenvalue weighted by Gasteiger charge is -2.23. The zero-order chi connectivity index (χ0) is 22.7. The lowest BCUT2D eigenvalue weighted by molar-refractivity contribution is -0.384. The van der Waals surface area contributed by atoms with Crippen LogP contribution in [0.1, 0.15) is 24.2 Å². The number of amides is 2. The van der Waals surface area contributed by atoms with Gasteiger partial charge in [0.25, 0.3) is 11.6 Å². The highest BCUT2D eigenvalue weighted by Crippen LogP contribution is 2.38. The van der Waals surface area contributed by atoms with Crippen LogP contribution in [0.4, 0.5) is 11.4 Å². The highest BCUT2D eigenvalue weighted by atomic mass is 35.5. The average Bonchev–Trinajstić information content (AvgIpc) is 2.72. The standard InChI is InChI=1S/C20H19Cl2N3O6/c1-10(2)18(24-19(26)11-3-4-12(21)15(7-11)25(28)29)20(27)23-14-9-17-16(8-13(14)22)30-5-6-31-17/h3-4,7-10,18H,5-6H2,1-2H3,(H,23,27)(H,24,26)/t18-/m0/s1. The highest BCUT2D eigenvalue weighted by Gasteiger charge is 2.27. The number of nitrogens with one attached hydrogen (secondary N) is 2. The van der Waals surface area contributed by atoms with Crippen LogP contribution in [0.2, 0.25) is 10.0 Å². The van der Waals surface area contributed by atoms with Crippen LogP contribution in [0.5, 0.6) is 11.5 Å². The number of benzene rings is 2. The van der Waals surface area contributed by atoms with Crippen LogP contribution in [0, 0.1) is 16.0 Å². The van der Waals surface area contributed by atoms with Gasteiger partial charge in [0.05, 0.1) is 15.6 Å². The third kappa shape index (κ3) is 5.18. The molecule has 0 unspecified atom stereocenters. The summed E-state index contributed by atoms with van der Waals surface area (Å²) in [6.07, 6.45) is 0. The zero-order valence-electron chi connectivity index (χ0n) is 16.6. The third-order valence-corrected chi connectivity index (χ3v) is 5.16. The van der Waals surface area contributed by atoms with Crippen molar-refractivity contribution in [1.29, 1.82) is 0 Å². The summed E-state index contributed by atoms with van der Waals surface area (Å²) in [6.45, 7) is 4.28. The largest absolute Gasteiger partial charge is 0.486 e. The quantitative estimate of drug-likeness (QED) is 0.487. The molecule has 164 valence electrons. The van der Waals surface area contributed by atoms with E-state index in [1.165, 1.54) is 12.1 Å². The lowest BCUT2D eigenvalue weighted by atomic mass is 10.0. The molecule has 0 aliphatic carbocycles. The first kappa shape index (κ1) is 22.6. The van der Waals surface area contributed by atoms with E-state index in [1.807, 2.05) is 0 Å². The average molecular weight is 468 g/mol. The van der Waals surface area contributed by atoms with E-state index in [-0.39, 0.29) is 21.5 Å². The maximum Gasteiger partial charge on any atom is 0.288 e.